The highest BCUT2D eigenvalue weighted by Crippen LogP contribution is 2.21. The first kappa shape index (κ1) is 14.5. The van der Waals surface area contributed by atoms with Crippen molar-refractivity contribution in [1.82, 2.24) is 9.88 Å². The molecule has 0 spiro atoms. The molecule has 114 valence electrons. The minimum Gasteiger partial charge on any atom is -0.480 e. The van der Waals surface area contributed by atoms with E-state index in [0.29, 0.717) is 11.9 Å². The number of carboxylic acids is 1. The molecule has 1 aliphatic heterocycles. The van der Waals surface area contributed by atoms with Crippen molar-refractivity contribution in [1.29, 1.82) is 0 Å². The number of amides is 1. The molecule has 0 radical (unpaired) electrons. The Balaban J connectivity index is 1.92. The number of rotatable bonds is 2. The zero-order valence-electron chi connectivity index (χ0n) is 11.8. The fourth-order valence-electron chi connectivity index (χ4n) is 2.76. The van der Waals surface area contributed by atoms with Crippen molar-refractivity contribution in [2.24, 2.45) is 0 Å². The molecule has 1 amide bonds. The van der Waals surface area contributed by atoms with E-state index in [9.17, 15) is 19.8 Å². The predicted molar refractivity (Wildman–Crippen MR) is 79.4 cm³/mol. The molecule has 6 heteroatoms. The van der Waals surface area contributed by atoms with Crippen molar-refractivity contribution >= 4 is 22.8 Å². The lowest BCUT2D eigenvalue weighted by molar-refractivity contribution is -0.145. The van der Waals surface area contributed by atoms with E-state index >= 15 is 0 Å². The maximum absolute atomic E-state index is 12.6. The Kier molecular flexibility index (Phi) is 3.77. The van der Waals surface area contributed by atoms with Crippen molar-refractivity contribution in [2.75, 3.05) is 6.54 Å². The van der Waals surface area contributed by atoms with Gasteiger partial charge in [0.1, 0.15) is 11.7 Å². The highest BCUT2D eigenvalue weighted by molar-refractivity contribution is 5.97. The van der Waals surface area contributed by atoms with E-state index in [1.54, 1.807) is 18.2 Å². The van der Waals surface area contributed by atoms with Crippen LogP contribution in [-0.2, 0) is 4.79 Å². The molecule has 1 fully saturated rings. The van der Waals surface area contributed by atoms with Crippen LogP contribution in [-0.4, -0.2) is 50.7 Å². The molecule has 0 bridgehead atoms. The van der Waals surface area contributed by atoms with Gasteiger partial charge in [-0.25, -0.2) is 9.78 Å². The molecule has 22 heavy (non-hydrogen) atoms. The summed E-state index contributed by atoms with van der Waals surface area (Å²) in [4.78, 5) is 29.5. The number of likely N-dealkylation sites (tertiary alicyclic amines) is 1. The Bertz CT molecular complexity index is 731. The van der Waals surface area contributed by atoms with Gasteiger partial charge >= 0.3 is 5.97 Å². The molecule has 0 unspecified atom stereocenters. The Labute approximate surface area is 127 Å². The molecule has 2 atom stereocenters. The number of hydrogen-bond acceptors (Lipinski definition) is 4. The van der Waals surface area contributed by atoms with Gasteiger partial charge in [-0.3, -0.25) is 4.79 Å². The molecule has 1 aromatic heterocycles. The SMILES string of the molecule is O=C(O)[C@@H]1C[C@H](O)CCN1C(=O)c1ccc2ccccc2n1. The van der Waals surface area contributed by atoms with E-state index in [2.05, 4.69) is 4.98 Å². The van der Waals surface area contributed by atoms with Gasteiger partial charge in [-0.05, 0) is 18.6 Å². The van der Waals surface area contributed by atoms with Gasteiger partial charge in [-0.15, -0.1) is 0 Å². The molecule has 2 N–H and O–H groups in total. The normalized spacial score (nSPS) is 21.8. The van der Waals surface area contributed by atoms with Crippen LogP contribution in [0, 0.1) is 0 Å². The number of aliphatic hydroxyl groups is 1. The zero-order valence-corrected chi connectivity index (χ0v) is 11.8. The lowest BCUT2D eigenvalue weighted by atomic mass is 9.99. The number of aliphatic hydroxyl groups excluding tert-OH is 1. The van der Waals surface area contributed by atoms with Crippen molar-refractivity contribution in [3.8, 4) is 0 Å². The summed E-state index contributed by atoms with van der Waals surface area (Å²) in [6, 6.07) is 9.82. The predicted octanol–water partition coefficient (Wildman–Crippen LogP) is 1.28. The van der Waals surface area contributed by atoms with Gasteiger partial charge in [-0.2, -0.15) is 0 Å². The van der Waals surface area contributed by atoms with E-state index in [1.807, 2.05) is 18.2 Å². The van der Waals surface area contributed by atoms with Crippen LogP contribution in [0.1, 0.15) is 23.3 Å². The summed E-state index contributed by atoms with van der Waals surface area (Å²) in [6.45, 7) is 0.214. The summed E-state index contributed by atoms with van der Waals surface area (Å²) in [6.07, 6.45) is -0.257. The third-order valence-electron chi connectivity index (χ3n) is 3.94. The molecule has 6 nitrogen and oxygen atoms in total. The van der Waals surface area contributed by atoms with Crippen molar-refractivity contribution < 1.29 is 19.8 Å². The minimum atomic E-state index is -1.10. The van der Waals surface area contributed by atoms with Gasteiger partial charge in [0.2, 0.25) is 0 Å². The van der Waals surface area contributed by atoms with Gasteiger partial charge in [0.25, 0.3) is 5.91 Å². The van der Waals surface area contributed by atoms with Gasteiger partial charge in [-0.1, -0.05) is 24.3 Å². The monoisotopic (exact) mass is 300 g/mol. The summed E-state index contributed by atoms with van der Waals surface area (Å²) >= 11 is 0. The van der Waals surface area contributed by atoms with Crippen molar-refractivity contribution in [2.45, 2.75) is 25.0 Å². The lowest BCUT2D eigenvalue weighted by Gasteiger charge is -2.35. The van der Waals surface area contributed by atoms with Crippen LogP contribution in [0.3, 0.4) is 0 Å². The summed E-state index contributed by atoms with van der Waals surface area (Å²) in [5, 5.41) is 19.8. The van der Waals surface area contributed by atoms with Gasteiger partial charge < -0.3 is 15.1 Å². The summed E-state index contributed by atoms with van der Waals surface area (Å²) in [7, 11) is 0. The van der Waals surface area contributed by atoms with Crippen molar-refractivity contribution in [3.63, 3.8) is 0 Å². The number of aliphatic carboxylic acids is 1. The largest absolute Gasteiger partial charge is 0.480 e. The molecule has 2 aromatic rings. The Hall–Kier alpha value is -2.47. The number of fused-ring (bicyclic) bond motifs is 1. The standard InChI is InChI=1S/C16H16N2O4/c19-11-7-8-18(14(9-11)16(21)22)15(20)13-6-5-10-3-1-2-4-12(10)17-13/h1-6,11,14,19H,7-9H2,(H,21,22)/t11-,14+/m1/s1. The highest BCUT2D eigenvalue weighted by Gasteiger charge is 2.36. The number of carbonyl (C=O) groups is 2. The average Bonchev–Trinajstić information content (AvgIpc) is 2.53. The second-order valence-electron chi connectivity index (χ2n) is 5.42. The quantitative estimate of drug-likeness (QED) is 0.872. The lowest BCUT2D eigenvalue weighted by Crippen LogP contribution is -2.51. The summed E-state index contributed by atoms with van der Waals surface area (Å²) in [5.74, 6) is -1.52. The Morgan fingerprint density at radius 3 is 2.73 bits per heavy atom. The molecule has 2 heterocycles. The van der Waals surface area contributed by atoms with Crippen LogP contribution in [0.5, 0.6) is 0 Å². The maximum Gasteiger partial charge on any atom is 0.326 e. The first-order valence-corrected chi connectivity index (χ1v) is 7.14. The van der Waals surface area contributed by atoms with Crippen LogP contribution in [0.2, 0.25) is 0 Å². The Morgan fingerprint density at radius 2 is 1.95 bits per heavy atom. The van der Waals surface area contributed by atoms with Crippen LogP contribution in [0.25, 0.3) is 10.9 Å². The van der Waals surface area contributed by atoms with Crippen LogP contribution >= 0.6 is 0 Å². The minimum absolute atomic E-state index is 0.0503. The number of pyridine rings is 1. The van der Waals surface area contributed by atoms with E-state index in [-0.39, 0.29) is 18.7 Å². The topological polar surface area (TPSA) is 90.7 Å². The van der Waals surface area contributed by atoms with Crippen molar-refractivity contribution in [3.05, 3.63) is 42.1 Å². The number of para-hydroxylation sites is 1. The van der Waals surface area contributed by atoms with E-state index in [1.165, 1.54) is 4.90 Å². The second-order valence-corrected chi connectivity index (χ2v) is 5.42. The number of carboxylic acid groups (broad SMARTS) is 1. The molecule has 0 aliphatic carbocycles. The van der Waals surface area contributed by atoms with Gasteiger partial charge in [0, 0.05) is 18.4 Å². The molecule has 3 rings (SSSR count). The number of aromatic nitrogens is 1. The smallest absolute Gasteiger partial charge is 0.326 e. The highest BCUT2D eigenvalue weighted by atomic mass is 16.4. The molecule has 1 saturated heterocycles. The molecular formula is C16H16N2O4. The molecule has 0 saturated carbocycles. The van der Waals surface area contributed by atoms with Crippen LogP contribution < -0.4 is 0 Å². The molecular weight excluding hydrogens is 284 g/mol. The number of piperidine rings is 1. The second kappa shape index (κ2) is 5.73. The molecule has 1 aromatic carbocycles. The van der Waals surface area contributed by atoms with Crippen LogP contribution in [0.15, 0.2) is 36.4 Å². The summed E-state index contributed by atoms with van der Waals surface area (Å²) < 4.78 is 0. The maximum atomic E-state index is 12.6. The van der Waals surface area contributed by atoms with E-state index in [0.717, 1.165) is 5.39 Å². The number of carbonyl (C=O) groups excluding carboxylic acids is 1. The van der Waals surface area contributed by atoms with E-state index in [4.69, 9.17) is 0 Å². The summed E-state index contributed by atoms with van der Waals surface area (Å²) in [5.41, 5.74) is 0.915. The fourth-order valence-corrected chi connectivity index (χ4v) is 2.76. The number of benzene rings is 1. The van der Waals surface area contributed by atoms with Crippen LogP contribution in [0.4, 0.5) is 0 Å². The average molecular weight is 300 g/mol. The van der Waals surface area contributed by atoms with Gasteiger partial charge in [0.05, 0.1) is 11.6 Å². The fraction of sp³-hybridized carbons (Fsp3) is 0.312. The first-order valence-electron chi connectivity index (χ1n) is 7.14. The third-order valence-corrected chi connectivity index (χ3v) is 3.94. The number of hydrogen-bond donors (Lipinski definition) is 2. The number of nitrogens with zero attached hydrogens (tertiary/aromatic N) is 2. The Morgan fingerprint density at radius 1 is 1.18 bits per heavy atom. The zero-order chi connectivity index (χ0) is 15.7. The first-order chi connectivity index (χ1) is 10.6. The van der Waals surface area contributed by atoms with E-state index < -0.39 is 24.0 Å². The van der Waals surface area contributed by atoms with Gasteiger partial charge in [0.15, 0.2) is 0 Å². The third kappa shape index (κ3) is 2.65. The molecule has 1 aliphatic rings.